The number of amides is 3. The smallest absolute Gasteiger partial charge is 0.319 e. The second kappa shape index (κ2) is 9.49. The molecule has 0 radical (unpaired) electrons. The Morgan fingerprint density at radius 3 is 2.24 bits per heavy atom. The first kappa shape index (κ1) is 22.4. The Hall–Kier alpha value is -2.35. The summed E-state index contributed by atoms with van der Waals surface area (Å²) in [5.74, 6) is -0.000432. The predicted molar refractivity (Wildman–Crippen MR) is 126 cm³/mol. The van der Waals surface area contributed by atoms with Gasteiger partial charge in [-0.3, -0.25) is 9.69 Å². The molecule has 8 heteroatoms. The number of urea groups is 1. The number of hydrogen-bond donors (Lipinski definition) is 1. The van der Waals surface area contributed by atoms with E-state index in [1.165, 1.54) is 12.1 Å². The predicted octanol–water partition coefficient (Wildman–Crippen LogP) is 2.52. The number of nitrogens with zero attached hydrogens (tertiary/aromatic N) is 4. The molecule has 1 N–H and O–H groups in total. The Morgan fingerprint density at radius 2 is 1.58 bits per heavy atom. The highest BCUT2D eigenvalue weighted by atomic mass is 19.1. The van der Waals surface area contributed by atoms with Crippen LogP contribution < -0.4 is 10.2 Å². The maximum atomic E-state index is 13.2. The van der Waals surface area contributed by atoms with E-state index in [0.717, 1.165) is 90.0 Å². The van der Waals surface area contributed by atoms with Gasteiger partial charge in [0, 0.05) is 70.6 Å². The minimum atomic E-state index is -0.284. The summed E-state index contributed by atoms with van der Waals surface area (Å²) < 4.78 is 13.2. The number of carbonyl (C=O) groups is 2. The van der Waals surface area contributed by atoms with Crippen molar-refractivity contribution in [3.63, 3.8) is 0 Å². The number of likely N-dealkylation sites (tertiary alicyclic amines) is 2. The van der Waals surface area contributed by atoms with Gasteiger partial charge in [-0.25, -0.2) is 9.18 Å². The molecule has 180 valence electrons. The van der Waals surface area contributed by atoms with Crippen LogP contribution in [0.2, 0.25) is 0 Å². The van der Waals surface area contributed by atoms with E-state index in [0.29, 0.717) is 13.1 Å². The molecule has 4 aliphatic heterocycles. The third-order valence-electron chi connectivity index (χ3n) is 8.18. The highest BCUT2D eigenvalue weighted by Crippen LogP contribution is 2.41. The number of anilines is 1. The van der Waals surface area contributed by atoms with Crippen LogP contribution in [0.3, 0.4) is 0 Å². The number of halogens is 1. The normalized spacial score (nSPS) is 25.7. The van der Waals surface area contributed by atoms with Crippen molar-refractivity contribution in [2.24, 2.45) is 5.41 Å². The lowest BCUT2D eigenvalue weighted by Crippen LogP contribution is -2.49. The van der Waals surface area contributed by atoms with Crippen LogP contribution in [0.25, 0.3) is 0 Å². The summed E-state index contributed by atoms with van der Waals surface area (Å²) in [6, 6.07) is 7.14. The molecule has 0 saturated carbocycles. The van der Waals surface area contributed by atoms with Crippen LogP contribution in [0.15, 0.2) is 24.3 Å². The third kappa shape index (κ3) is 4.81. The van der Waals surface area contributed by atoms with E-state index in [-0.39, 0.29) is 29.2 Å². The van der Waals surface area contributed by atoms with Crippen molar-refractivity contribution in [2.45, 2.75) is 44.6 Å². The van der Waals surface area contributed by atoms with Gasteiger partial charge in [0.15, 0.2) is 0 Å². The second-order valence-corrected chi connectivity index (χ2v) is 10.2. The molecule has 33 heavy (non-hydrogen) atoms. The maximum Gasteiger partial charge on any atom is 0.319 e. The van der Waals surface area contributed by atoms with Gasteiger partial charge in [0.05, 0.1) is 5.41 Å². The monoisotopic (exact) mass is 457 g/mol. The fourth-order valence-corrected chi connectivity index (χ4v) is 6.01. The van der Waals surface area contributed by atoms with E-state index >= 15 is 0 Å². The van der Waals surface area contributed by atoms with Crippen LogP contribution in [-0.2, 0) is 4.79 Å². The molecular weight excluding hydrogens is 421 g/mol. The van der Waals surface area contributed by atoms with E-state index in [2.05, 4.69) is 15.1 Å². The number of piperazine rings is 1. The lowest BCUT2D eigenvalue weighted by Gasteiger charge is -2.39. The molecule has 7 nitrogen and oxygen atoms in total. The molecule has 1 aromatic rings. The Labute approximate surface area is 195 Å². The summed E-state index contributed by atoms with van der Waals surface area (Å²) in [5, 5.41) is 3.27. The number of rotatable bonds is 4. The topological polar surface area (TPSA) is 59.1 Å². The lowest BCUT2D eigenvalue weighted by atomic mass is 9.75. The molecule has 4 saturated heterocycles. The van der Waals surface area contributed by atoms with Gasteiger partial charge < -0.3 is 20.0 Å². The lowest BCUT2D eigenvalue weighted by molar-refractivity contribution is -0.129. The molecule has 4 heterocycles. The Balaban J connectivity index is 1.06. The average molecular weight is 458 g/mol. The molecule has 4 fully saturated rings. The highest BCUT2D eigenvalue weighted by molar-refractivity contribution is 5.86. The summed E-state index contributed by atoms with van der Waals surface area (Å²) in [4.78, 5) is 34.3. The number of nitrogens with one attached hydrogen (secondary N) is 1. The molecule has 0 aromatic heterocycles. The van der Waals surface area contributed by atoms with Crippen LogP contribution in [0.1, 0.15) is 38.5 Å². The SMILES string of the molecule is O=C(N1CCCC1)N1CCC2(CC1)C[C@H](CCN1CCN(c3ccc(F)cc3)CC1)NC2=O. The quantitative estimate of drug-likeness (QED) is 0.755. The van der Waals surface area contributed by atoms with E-state index in [4.69, 9.17) is 0 Å². The summed E-state index contributed by atoms with van der Waals surface area (Å²) in [7, 11) is 0. The van der Waals surface area contributed by atoms with Gasteiger partial charge in [-0.2, -0.15) is 0 Å². The van der Waals surface area contributed by atoms with Gasteiger partial charge in [0.1, 0.15) is 5.82 Å². The maximum absolute atomic E-state index is 13.2. The molecule has 1 aromatic carbocycles. The van der Waals surface area contributed by atoms with Crippen LogP contribution in [0.4, 0.5) is 14.9 Å². The molecular formula is C25H36FN5O2. The van der Waals surface area contributed by atoms with Crippen LogP contribution >= 0.6 is 0 Å². The van der Waals surface area contributed by atoms with Crippen molar-refractivity contribution in [3.8, 4) is 0 Å². The van der Waals surface area contributed by atoms with E-state index in [1.54, 1.807) is 0 Å². The Bertz CT molecular complexity index is 841. The first-order valence-corrected chi connectivity index (χ1v) is 12.6. The third-order valence-corrected chi connectivity index (χ3v) is 8.18. The van der Waals surface area contributed by atoms with Gasteiger partial charge in [-0.1, -0.05) is 0 Å². The fourth-order valence-electron chi connectivity index (χ4n) is 6.01. The summed E-state index contributed by atoms with van der Waals surface area (Å²) >= 11 is 0. The van der Waals surface area contributed by atoms with Crippen LogP contribution in [0.5, 0.6) is 0 Å². The number of hydrogen-bond acceptors (Lipinski definition) is 4. The van der Waals surface area contributed by atoms with Crippen LogP contribution in [-0.4, -0.2) is 91.6 Å². The van der Waals surface area contributed by atoms with Crippen molar-refractivity contribution in [2.75, 3.05) is 63.8 Å². The van der Waals surface area contributed by atoms with Gasteiger partial charge in [-0.05, 0) is 62.8 Å². The molecule has 1 spiro atoms. The zero-order chi connectivity index (χ0) is 22.8. The van der Waals surface area contributed by atoms with Gasteiger partial charge in [0.25, 0.3) is 0 Å². The van der Waals surface area contributed by atoms with Crippen molar-refractivity contribution < 1.29 is 14.0 Å². The van der Waals surface area contributed by atoms with Crippen molar-refractivity contribution in [3.05, 3.63) is 30.1 Å². The van der Waals surface area contributed by atoms with Gasteiger partial charge in [-0.15, -0.1) is 0 Å². The minimum Gasteiger partial charge on any atom is -0.369 e. The van der Waals surface area contributed by atoms with Crippen molar-refractivity contribution >= 4 is 17.6 Å². The minimum absolute atomic E-state index is 0.164. The molecule has 0 aliphatic carbocycles. The van der Waals surface area contributed by atoms with Gasteiger partial charge in [0.2, 0.25) is 5.91 Å². The summed E-state index contributed by atoms with van der Waals surface area (Å²) in [6.07, 6.45) is 5.65. The zero-order valence-corrected chi connectivity index (χ0v) is 19.5. The molecule has 0 unspecified atom stereocenters. The number of carbonyl (C=O) groups excluding carboxylic acids is 2. The standard InChI is InChI=1S/C25H36FN5O2/c26-20-3-5-22(6-4-20)29-17-15-28(16-18-29)12-7-21-19-25(23(32)27-21)8-13-31(14-9-25)24(33)30-10-1-2-11-30/h3-6,21H,1-2,7-19H2,(H,27,32)/t21-/m0/s1. The fraction of sp³-hybridized carbons (Fsp3) is 0.680. The molecule has 4 aliphatic rings. The van der Waals surface area contributed by atoms with Gasteiger partial charge >= 0.3 is 6.03 Å². The Kier molecular flexibility index (Phi) is 6.45. The largest absolute Gasteiger partial charge is 0.369 e. The Morgan fingerprint density at radius 1 is 0.939 bits per heavy atom. The average Bonchev–Trinajstić information content (AvgIpc) is 3.48. The second-order valence-electron chi connectivity index (χ2n) is 10.2. The van der Waals surface area contributed by atoms with E-state index < -0.39 is 0 Å². The van der Waals surface area contributed by atoms with Crippen LogP contribution in [0, 0.1) is 11.2 Å². The molecule has 3 amide bonds. The molecule has 0 bridgehead atoms. The highest BCUT2D eigenvalue weighted by Gasteiger charge is 2.48. The van der Waals surface area contributed by atoms with Crippen molar-refractivity contribution in [1.82, 2.24) is 20.0 Å². The zero-order valence-electron chi connectivity index (χ0n) is 19.5. The first-order valence-electron chi connectivity index (χ1n) is 12.6. The van der Waals surface area contributed by atoms with E-state index in [1.807, 2.05) is 21.9 Å². The first-order chi connectivity index (χ1) is 16.0. The number of benzene rings is 1. The van der Waals surface area contributed by atoms with Crippen molar-refractivity contribution in [1.29, 1.82) is 0 Å². The summed E-state index contributed by atoms with van der Waals surface area (Å²) in [6.45, 7) is 7.97. The van der Waals surface area contributed by atoms with E-state index in [9.17, 15) is 14.0 Å². The molecule has 5 rings (SSSR count). The summed E-state index contributed by atoms with van der Waals surface area (Å²) in [5.41, 5.74) is 0.795. The number of piperidine rings is 1. The molecule has 1 atom stereocenters.